The van der Waals surface area contributed by atoms with Gasteiger partial charge in [-0.05, 0) is 12.1 Å². The zero-order valence-corrected chi connectivity index (χ0v) is 8.33. The maximum Gasteiger partial charge on any atom is 0.249 e. The average Bonchev–Trinajstić information content (AvgIpc) is 2.43. The van der Waals surface area contributed by atoms with E-state index in [1.807, 2.05) is 19.9 Å². The minimum Gasteiger partial charge on any atom is -0.492 e. The van der Waals surface area contributed by atoms with Crippen LogP contribution >= 0.6 is 0 Å². The monoisotopic (exact) mass is 191 g/mol. The van der Waals surface area contributed by atoms with Gasteiger partial charge in [0.25, 0.3) is 0 Å². The van der Waals surface area contributed by atoms with Crippen LogP contribution in [0.5, 0.6) is 5.75 Å². The number of fused-ring (bicyclic) bond motifs is 1. The van der Waals surface area contributed by atoms with Gasteiger partial charge in [-0.1, -0.05) is 19.9 Å². The number of nitrogens with two attached hydrogens (primary N) is 1. The van der Waals surface area contributed by atoms with Crippen molar-refractivity contribution in [2.24, 2.45) is 5.73 Å². The third-order valence-corrected chi connectivity index (χ3v) is 2.56. The van der Waals surface area contributed by atoms with Crippen molar-refractivity contribution in [3.63, 3.8) is 0 Å². The number of carbonyl (C=O) groups is 1. The third kappa shape index (κ3) is 1.16. The van der Waals surface area contributed by atoms with Gasteiger partial charge in [0, 0.05) is 16.5 Å². The van der Waals surface area contributed by atoms with Gasteiger partial charge in [0.1, 0.15) is 5.75 Å². The smallest absolute Gasteiger partial charge is 0.249 e. The minimum atomic E-state index is -0.388. The fourth-order valence-corrected chi connectivity index (χ4v) is 1.89. The van der Waals surface area contributed by atoms with Gasteiger partial charge in [-0.3, -0.25) is 4.79 Å². The molecular formula is C11H13NO2. The van der Waals surface area contributed by atoms with Gasteiger partial charge in [-0.2, -0.15) is 0 Å². The van der Waals surface area contributed by atoms with E-state index in [1.165, 1.54) is 0 Å². The molecule has 0 radical (unpaired) electrons. The van der Waals surface area contributed by atoms with E-state index in [-0.39, 0.29) is 11.3 Å². The van der Waals surface area contributed by atoms with Crippen molar-refractivity contribution in [1.29, 1.82) is 0 Å². The molecule has 1 aliphatic rings. The van der Waals surface area contributed by atoms with Gasteiger partial charge < -0.3 is 10.5 Å². The van der Waals surface area contributed by atoms with Crippen LogP contribution in [0, 0.1) is 0 Å². The Morgan fingerprint density at radius 3 is 2.86 bits per heavy atom. The number of benzene rings is 1. The fourth-order valence-electron chi connectivity index (χ4n) is 1.89. The number of amides is 1. The van der Waals surface area contributed by atoms with Crippen LogP contribution < -0.4 is 10.5 Å². The Kier molecular flexibility index (Phi) is 1.77. The Labute approximate surface area is 82.9 Å². The van der Waals surface area contributed by atoms with Crippen LogP contribution in [0.1, 0.15) is 29.8 Å². The molecule has 0 spiro atoms. The van der Waals surface area contributed by atoms with E-state index < -0.39 is 0 Å². The summed E-state index contributed by atoms with van der Waals surface area (Å²) in [5.41, 5.74) is 6.70. The van der Waals surface area contributed by atoms with Crippen molar-refractivity contribution in [3.8, 4) is 5.75 Å². The highest BCUT2D eigenvalue weighted by Crippen LogP contribution is 2.40. The van der Waals surface area contributed by atoms with Crippen molar-refractivity contribution in [1.82, 2.24) is 0 Å². The van der Waals surface area contributed by atoms with Crippen molar-refractivity contribution < 1.29 is 9.53 Å². The molecule has 0 fully saturated rings. The first-order chi connectivity index (χ1) is 6.52. The molecule has 0 saturated heterocycles. The summed E-state index contributed by atoms with van der Waals surface area (Å²) in [7, 11) is 0. The lowest BCUT2D eigenvalue weighted by molar-refractivity contribution is 0.0998. The summed E-state index contributed by atoms with van der Waals surface area (Å²) in [6.07, 6.45) is 0. The number of hydrogen-bond acceptors (Lipinski definition) is 2. The molecule has 0 aliphatic carbocycles. The van der Waals surface area contributed by atoms with E-state index in [1.54, 1.807) is 12.1 Å². The molecule has 0 saturated carbocycles. The predicted octanol–water partition coefficient (Wildman–Crippen LogP) is 1.46. The Morgan fingerprint density at radius 1 is 1.50 bits per heavy atom. The maximum absolute atomic E-state index is 11.2. The number of rotatable bonds is 1. The van der Waals surface area contributed by atoms with Gasteiger partial charge in [0.05, 0.1) is 6.61 Å². The highest BCUT2D eigenvalue weighted by molar-refractivity contribution is 5.95. The molecular weight excluding hydrogens is 178 g/mol. The van der Waals surface area contributed by atoms with E-state index in [0.717, 1.165) is 11.3 Å². The Morgan fingerprint density at radius 2 is 2.21 bits per heavy atom. The number of ether oxygens (including phenoxy) is 1. The Bertz CT molecular complexity index is 396. The molecule has 1 aliphatic heterocycles. The molecule has 0 unspecified atom stereocenters. The first-order valence-electron chi connectivity index (χ1n) is 4.58. The summed E-state index contributed by atoms with van der Waals surface area (Å²) in [5, 5.41) is 0. The molecule has 74 valence electrons. The van der Waals surface area contributed by atoms with Gasteiger partial charge in [0.2, 0.25) is 5.91 Å². The summed E-state index contributed by atoms with van der Waals surface area (Å²) >= 11 is 0. The molecule has 1 amide bonds. The van der Waals surface area contributed by atoms with E-state index in [0.29, 0.717) is 12.2 Å². The lowest BCUT2D eigenvalue weighted by atomic mass is 9.83. The molecule has 1 aromatic rings. The van der Waals surface area contributed by atoms with Crippen LogP contribution in [0.2, 0.25) is 0 Å². The van der Waals surface area contributed by atoms with Crippen molar-refractivity contribution >= 4 is 5.91 Å². The second-order valence-corrected chi connectivity index (χ2v) is 4.22. The summed E-state index contributed by atoms with van der Waals surface area (Å²) in [6, 6.07) is 5.41. The topological polar surface area (TPSA) is 52.3 Å². The molecule has 1 heterocycles. The third-order valence-electron chi connectivity index (χ3n) is 2.56. The Balaban J connectivity index is 2.66. The SMILES string of the molecule is CC1(C)COc2cccc(C(N)=O)c21. The van der Waals surface area contributed by atoms with Crippen LogP contribution in [-0.2, 0) is 5.41 Å². The van der Waals surface area contributed by atoms with Crippen molar-refractivity contribution in [3.05, 3.63) is 29.3 Å². The van der Waals surface area contributed by atoms with E-state index in [9.17, 15) is 4.79 Å². The second kappa shape index (κ2) is 2.74. The molecule has 1 aromatic carbocycles. The van der Waals surface area contributed by atoms with Crippen molar-refractivity contribution in [2.45, 2.75) is 19.3 Å². The standard InChI is InChI=1S/C11H13NO2/c1-11(2)6-14-8-5-3-4-7(9(8)11)10(12)13/h3-5H,6H2,1-2H3,(H2,12,13). The van der Waals surface area contributed by atoms with E-state index >= 15 is 0 Å². The molecule has 0 bridgehead atoms. The van der Waals surface area contributed by atoms with E-state index in [2.05, 4.69) is 0 Å². The second-order valence-electron chi connectivity index (χ2n) is 4.22. The molecule has 14 heavy (non-hydrogen) atoms. The van der Waals surface area contributed by atoms with Gasteiger partial charge in [-0.25, -0.2) is 0 Å². The molecule has 0 atom stereocenters. The first kappa shape index (κ1) is 9.06. The number of hydrogen-bond donors (Lipinski definition) is 1. The van der Waals surface area contributed by atoms with Gasteiger partial charge in [-0.15, -0.1) is 0 Å². The van der Waals surface area contributed by atoms with Crippen LogP contribution in [0.3, 0.4) is 0 Å². The van der Waals surface area contributed by atoms with E-state index in [4.69, 9.17) is 10.5 Å². The summed E-state index contributed by atoms with van der Waals surface area (Å²) < 4.78 is 5.50. The summed E-state index contributed by atoms with van der Waals surface area (Å²) in [4.78, 5) is 11.2. The summed E-state index contributed by atoms with van der Waals surface area (Å²) in [6.45, 7) is 4.70. The first-order valence-corrected chi connectivity index (χ1v) is 4.58. The van der Waals surface area contributed by atoms with Crippen molar-refractivity contribution in [2.75, 3.05) is 6.61 Å². The fraction of sp³-hybridized carbons (Fsp3) is 0.364. The van der Waals surface area contributed by atoms with Crippen LogP contribution in [0.25, 0.3) is 0 Å². The molecule has 3 heteroatoms. The minimum absolute atomic E-state index is 0.124. The quantitative estimate of drug-likeness (QED) is 0.730. The summed E-state index contributed by atoms with van der Waals surface area (Å²) in [5.74, 6) is 0.395. The van der Waals surface area contributed by atoms with Crippen LogP contribution in [0.4, 0.5) is 0 Å². The van der Waals surface area contributed by atoms with Gasteiger partial charge in [0.15, 0.2) is 0 Å². The zero-order chi connectivity index (χ0) is 10.3. The number of primary amides is 1. The Hall–Kier alpha value is -1.51. The lowest BCUT2D eigenvalue weighted by Gasteiger charge is -2.17. The normalized spacial score (nSPS) is 17.3. The molecule has 0 aromatic heterocycles. The maximum atomic E-state index is 11.2. The molecule has 2 N–H and O–H groups in total. The van der Waals surface area contributed by atoms with Crippen LogP contribution in [0.15, 0.2) is 18.2 Å². The predicted molar refractivity (Wildman–Crippen MR) is 53.5 cm³/mol. The number of carbonyl (C=O) groups excluding carboxylic acids is 1. The average molecular weight is 191 g/mol. The lowest BCUT2D eigenvalue weighted by Crippen LogP contribution is -2.23. The zero-order valence-electron chi connectivity index (χ0n) is 8.33. The molecule has 3 nitrogen and oxygen atoms in total. The van der Waals surface area contributed by atoms with Crippen LogP contribution in [-0.4, -0.2) is 12.5 Å². The highest BCUT2D eigenvalue weighted by Gasteiger charge is 2.35. The largest absolute Gasteiger partial charge is 0.492 e. The highest BCUT2D eigenvalue weighted by atomic mass is 16.5. The van der Waals surface area contributed by atoms with Gasteiger partial charge >= 0.3 is 0 Å². The molecule has 2 rings (SSSR count).